The average molecular weight is 311 g/mol. The zero-order valence-corrected chi connectivity index (χ0v) is 13.9. The second kappa shape index (κ2) is 8.22. The third-order valence-corrected chi connectivity index (χ3v) is 3.92. The molecule has 0 fully saturated rings. The summed E-state index contributed by atoms with van der Waals surface area (Å²) in [5, 5.41) is 3.33. The topological polar surface area (TPSA) is 58.4 Å². The fourth-order valence-corrected chi connectivity index (χ4v) is 2.54. The standard InChI is InChI=1S/C19H25N3O/c1-3-22(4-2)19(23)16-10-11-18(17(20)14-16)21-13-12-15-8-6-5-7-9-15/h5-11,14,21H,3-4,12-13,20H2,1-2H3. The van der Waals surface area contributed by atoms with Gasteiger partial charge < -0.3 is 16.0 Å². The number of nitrogens with two attached hydrogens (primary N) is 1. The van der Waals surface area contributed by atoms with Gasteiger partial charge in [0.25, 0.3) is 5.91 Å². The van der Waals surface area contributed by atoms with E-state index in [1.165, 1.54) is 5.56 Å². The highest BCUT2D eigenvalue weighted by Crippen LogP contribution is 2.21. The van der Waals surface area contributed by atoms with Crippen molar-refractivity contribution in [1.82, 2.24) is 4.90 Å². The number of nitrogens with one attached hydrogen (secondary N) is 1. The Labute approximate surface area is 138 Å². The summed E-state index contributed by atoms with van der Waals surface area (Å²) in [5.74, 6) is 0.0255. The third kappa shape index (κ3) is 4.49. The van der Waals surface area contributed by atoms with Crippen LogP contribution in [0.15, 0.2) is 48.5 Å². The maximum absolute atomic E-state index is 12.3. The second-order valence-corrected chi connectivity index (χ2v) is 5.44. The molecule has 2 rings (SSSR count). The van der Waals surface area contributed by atoms with Crippen LogP contribution in [0.25, 0.3) is 0 Å². The predicted octanol–water partition coefficient (Wildman–Crippen LogP) is 3.41. The second-order valence-electron chi connectivity index (χ2n) is 5.44. The molecule has 0 radical (unpaired) electrons. The highest BCUT2D eigenvalue weighted by molar-refractivity contribution is 5.96. The molecule has 0 saturated heterocycles. The van der Waals surface area contributed by atoms with Crippen molar-refractivity contribution < 1.29 is 4.79 Å². The monoisotopic (exact) mass is 311 g/mol. The lowest BCUT2D eigenvalue weighted by atomic mass is 10.1. The molecule has 0 aliphatic rings. The minimum atomic E-state index is 0.0255. The van der Waals surface area contributed by atoms with Gasteiger partial charge in [-0.2, -0.15) is 0 Å². The number of hydrogen-bond acceptors (Lipinski definition) is 3. The Kier molecular flexibility index (Phi) is 6.03. The molecule has 122 valence electrons. The Bertz CT molecular complexity index is 636. The van der Waals surface area contributed by atoms with E-state index in [-0.39, 0.29) is 5.91 Å². The van der Waals surface area contributed by atoms with Crippen molar-refractivity contribution in [2.75, 3.05) is 30.7 Å². The first-order valence-electron chi connectivity index (χ1n) is 8.12. The zero-order valence-electron chi connectivity index (χ0n) is 13.9. The van der Waals surface area contributed by atoms with Crippen LogP contribution in [0.1, 0.15) is 29.8 Å². The van der Waals surface area contributed by atoms with Crippen molar-refractivity contribution in [1.29, 1.82) is 0 Å². The van der Waals surface area contributed by atoms with Crippen molar-refractivity contribution in [3.8, 4) is 0 Å². The summed E-state index contributed by atoms with van der Waals surface area (Å²) in [7, 11) is 0. The maximum Gasteiger partial charge on any atom is 0.253 e. The molecule has 23 heavy (non-hydrogen) atoms. The van der Waals surface area contributed by atoms with Crippen LogP contribution in [-0.2, 0) is 6.42 Å². The number of rotatable bonds is 7. The lowest BCUT2D eigenvalue weighted by Gasteiger charge is -2.19. The molecule has 0 saturated carbocycles. The Morgan fingerprint density at radius 2 is 1.78 bits per heavy atom. The lowest BCUT2D eigenvalue weighted by molar-refractivity contribution is 0.0773. The molecule has 3 N–H and O–H groups in total. The summed E-state index contributed by atoms with van der Waals surface area (Å²) >= 11 is 0. The van der Waals surface area contributed by atoms with E-state index in [1.54, 1.807) is 11.0 Å². The van der Waals surface area contributed by atoms with E-state index in [4.69, 9.17) is 5.73 Å². The summed E-state index contributed by atoms with van der Waals surface area (Å²) in [6.07, 6.45) is 0.931. The van der Waals surface area contributed by atoms with E-state index in [0.29, 0.717) is 24.3 Å². The molecule has 0 aliphatic carbocycles. The fraction of sp³-hybridized carbons (Fsp3) is 0.316. The van der Waals surface area contributed by atoms with Gasteiger partial charge in [-0.1, -0.05) is 30.3 Å². The SMILES string of the molecule is CCN(CC)C(=O)c1ccc(NCCc2ccccc2)c(N)c1. The summed E-state index contributed by atoms with van der Waals surface area (Å²) < 4.78 is 0. The third-order valence-electron chi connectivity index (χ3n) is 3.92. The van der Waals surface area contributed by atoms with Crippen LogP contribution < -0.4 is 11.1 Å². The molecule has 4 heteroatoms. The zero-order chi connectivity index (χ0) is 16.7. The predicted molar refractivity (Wildman–Crippen MR) is 96.7 cm³/mol. The molecule has 0 bridgehead atoms. The Morgan fingerprint density at radius 1 is 1.09 bits per heavy atom. The van der Waals surface area contributed by atoms with Crippen LogP contribution in [0, 0.1) is 0 Å². The van der Waals surface area contributed by atoms with Gasteiger partial charge >= 0.3 is 0 Å². The molecule has 0 aliphatic heterocycles. The molecule has 0 spiro atoms. The number of amides is 1. The van der Waals surface area contributed by atoms with E-state index < -0.39 is 0 Å². The van der Waals surface area contributed by atoms with Crippen LogP contribution in [0.4, 0.5) is 11.4 Å². The van der Waals surface area contributed by atoms with E-state index in [2.05, 4.69) is 17.4 Å². The first kappa shape index (κ1) is 16.9. The van der Waals surface area contributed by atoms with Gasteiger partial charge in [-0.05, 0) is 44.0 Å². The molecule has 2 aromatic rings. The summed E-state index contributed by atoms with van der Waals surface area (Å²) in [6, 6.07) is 15.8. The van der Waals surface area contributed by atoms with Gasteiger partial charge in [-0.25, -0.2) is 0 Å². The van der Waals surface area contributed by atoms with E-state index in [1.807, 2.05) is 44.2 Å². The van der Waals surface area contributed by atoms with Gasteiger partial charge in [-0.15, -0.1) is 0 Å². The number of carbonyl (C=O) groups excluding carboxylic acids is 1. The molecular formula is C19H25N3O. The first-order chi connectivity index (χ1) is 11.2. The van der Waals surface area contributed by atoms with Crippen LogP contribution in [0.2, 0.25) is 0 Å². The molecule has 4 nitrogen and oxygen atoms in total. The number of carbonyl (C=O) groups is 1. The number of nitrogens with zero attached hydrogens (tertiary/aromatic N) is 1. The van der Waals surface area contributed by atoms with Gasteiger partial charge in [0.15, 0.2) is 0 Å². The minimum absolute atomic E-state index is 0.0255. The number of hydrogen-bond donors (Lipinski definition) is 2. The molecule has 1 amide bonds. The molecule has 0 heterocycles. The quantitative estimate of drug-likeness (QED) is 0.770. The van der Waals surface area contributed by atoms with Gasteiger partial charge in [-0.3, -0.25) is 4.79 Å². The Balaban J connectivity index is 1.98. The van der Waals surface area contributed by atoms with Crippen molar-refractivity contribution in [2.24, 2.45) is 0 Å². The van der Waals surface area contributed by atoms with E-state index >= 15 is 0 Å². The van der Waals surface area contributed by atoms with Gasteiger partial charge in [0.2, 0.25) is 0 Å². The smallest absolute Gasteiger partial charge is 0.253 e. The maximum atomic E-state index is 12.3. The minimum Gasteiger partial charge on any atom is -0.397 e. The van der Waals surface area contributed by atoms with Crippen molar-refractivity contribution in [2.45, 2.75) is 20.3 Å². The highest BCUT2D eigenvalue weighted by atomic mass is 16.2. The largest absolute Gasteiger partial charge is 0.397 e. The van der Waals surface area contributed by atoms with Crippen LogP contribution >= 0.6 is 0 Å². The van der Waals surface area contributed by atoms with Crippen LogP contribution in [-0.4, -0.2) is 30.4 Å². The van der Waals surface area contributed by atoms with E-state index in [0.717, 1.165) is 18.7 Å². The van der Waals surface area contributed by atoms with Crippen molar-refractivity contribution in [3.05, 3.63) is 59.7 Å². The van der Waals surface area contributed by atoms with Crippen LogP contribution in [0.3, 0.4) is 0 Å². The fourth-order valence-electron chi connectivity index (χ4n) is 2.54. The Hall–Kier alpha value is -2.49. The van der Waals surface area contributed by atoms with Gasteiger partial charge in [0, 0.05) is 25.2 Å². The molecule has 0 aromatic heterocycles. The molecule has 0 unspecified atom stereocenters. The first-order valence-corrected chi connectivity index (χ1v) is 8.12. The number of anilines is 2. The van der Waals surface area contributed by atoms with Crippen LogP contribution in [0.5, 0.6) is 0 Å². The van der Waals surface area contributed by atoms with Crippen molar-refractivity contribution in [3.63, 3.8) is 0 Å². The van der Waals surface area contributed by atoms with E-state index in [9.17, 15) is 4.79 Å². The summed E-state index contributed by atoms with van der Waals surface area (Å²) in [4.78, 5) is 14.1. The molecular weight excluding hydrogens is 286 g/mol. The normalized spacial score (nSPS) is 10.3. The molecule has 0 atom stereocenters. The summed E-state index contributed by atoms with van der Waals surface area (Å²) in [6.45, 7) is 6.16. The lowest BCUT2D eigenvalue weighted by Crippen LogP contribution is -2.30. The number of benzene rings is 2. The average Bonchev–Trinajstić information content (AvgIpc) is 2.58. The van der Waals surface area contributed by atoms with Crippen molar-refractivity contribution >= 4 is 17.3 Å². The van der Waals surface area contributed by atoms with Gasteiger partial charge in [0.1, 0.15) is 0 Å². The highest BCUT2D eigenvalue weighted by Gasteiger charge is 2.13. The summed E-state index contributed by atoms with van der Waals surface area (Å²) in [5.41, 5.74) is 9.49. The molecule has 2 aromatic carbocycles. The van der Waals surface area contributed by atoms with Gasteiger partial charge in [0.05, 0.1) is 11.4 Å². The number of nitrogen functional groups attached to an aromatic ring is 1. The Morgan fingerprint density at radius 3 is 2.39 bits per heavy atom.